The van der Waals surface area contributed by atoms with E-state index < -0.39 is 11.8 Å². The van der Waals surface area contributed by atoms with Crippen molar-refractivity contribution < 1.29 is 14.4 Å². The number of hydrazine groups is 1. The highest BCUT2D eigenvalue weighted by Gasteiger charge is 2.31. The van der Waals surface area contributed by atoms with E-state index in [2.05, 4.69) is 20.7 Å². The lowest BCUT2D eigenvalue weighted by atomic mass is 10.2. The number of carbonyl (C=O) groups excluding carboxylic acids is 3. The Morgan fingerprint density at radius 3 is 2.58 bits per heavy atom. The van der Waals surface area contributed by atoms with Crippen LogP contribution in [0.2, 0.25) is 0 Å². The zero-order chi connectivity index (χ0) is 23.0. The van der Waals surface area contributed by atoms with Gasteiger partial charge in [-0.2, -0.15) is 5.01 Å². The summed E-state index contributed by atoms with van der Waals surface area (Å²) in [6.07, 6.45) is 1.28. The largest absolute Gasteiger partial charge is 0.350 e. The van der Waals surface area contributed by atoms with Crippen molar-refractivity contribution in [3.05, 3.63) is 39.6 Å². The smallest absolute Gasteiger partial charge is 0.275 e. The van der Waals surface area contributed by atoms with Gasteiger partial charge in [-0.15, -0.1) is 35.1 Å². The van der Waals surface area contributed by atoms with Gasteiger partial charge in [-0.3, -0.25) is 19.8 Å². The maximum atomic E-state index is 12.8. The lowest BCUT2D eigenvalue weighted by Gasteiger charge is -2.17. The number of aromatic nitrogens is 2. The maximum Gasteiger partial charge on any atom is 0.275 e. The highest BCUT2D eigenvalue weighted by molar-refractivity contribution is 7.20. The third-order valence-electron chi connectivity index (χ3n) is 4.90. The van der Waals surface area contributed by atoms with Gasteiger partial charge in [-0.1, -0.05) is 6.07 Å². The molecule has 0 bridgehead atoms. The molecule has 1 aliphatic heterocycles. The van der Waals surface area contributed by atoms with Crippen molar-refractivity contribution in [2.45, 2.75) is 13.8 Å². The summed E-state index contributed by atoms with van der Waals surface area (Å²) in [4.78, 5) is 50.7. The third kappa shape index (κ3) is 4.91. The molecule has 3 aromatic heterocycles. The topological polar surface area (TPSA) is 108 Å². The molecule has 0 saturated heterocycles. The predicted molar refractivity (Wildman–Crippen MR) is 133 cm³/mol. The molecule has 4 heterocycles. The summed E-state index contributed by atoms with van der Waals surface area (Å²) in [7, 11) is 3.88. The van der Waals surface area contributed by atoms with Gasteiger partial charge in [0, 0.05) is 24.7 Å². The second kappa shape index (κ2) is 9.96. The minimum Gasteiger partial charge on any atom is -0.350 e. The van der Waals surface area contributed by atoms with Crippen molar-refractivity contribution in [1.82, 2.24) is 25.2 Å². The molecule has 9 nitrogen and oxygen atoms in total. The SMILES string of the molecule is CC1=CC(=O)N(Nc2nc(-c3cccs3)nc3sc(C(=O)NCCN(C)C)c(C)c23)C1=O.Cl. The van der Waals surface area contributed by atoms with Gasteiger partial charge in [0.1, 0.15) is 4.83 Å². The van der Waals surface area contributed by atoms with E-state index in [1.807, 2.05) is 43.4 Å². The summed E-state index contributed by atoms with van der Waals surface area (Å²) in [5, 5.41) is 6.38. The predicted octanol–water partition coefficient (Wildman–Crippen LogP) is 3.08. The lowest BCUT2D eigenvalue weighted by Crippen LogP contribution is -2.36. The minimum atomic E-state index is -0.466. The van der Waals surface area contributed by atoms with Crippen LogP contribution in [0.1, 0.15) is 22.2 Å². The van der Waals surface area contributed by atoms with Crippen LogP contribution < -0.4 is 10.7 Å². The number of nitrogens with zero attached hydrogens (tertiary/aromatic N) is 4. The quantitative estimate of drug-likeness (QED) is 0.474. The van der Waals surface area contributed by atoms with Crippen molar-refractivity contribution in [3.63, 3.8) is 0 Å². The average Bonchev–Trinajstić information content (AvgIpc) is 3.44. The number of hydrogen-bond donors (Lipinski definition) is 2. The molecule has 2 N–H and O–H groups in total. The Balaban J connectivity index is 0.00000306. The molecular formula is C21H23ClN6O3S2. The molecule has 3 aromatic rings. The number of thiophene rings is 2. The Bertz CT molecular complexity index is 1250. The van der Waals surface area contributed by atoms with E-state index >= 15 is 0 Å². The zero-order valence-corrected chi connectivity index (χ0v) is 20.9. The van der Waals surface area contributed by atoms with Gasteiger partial charge in [0.25, 0.3) is 17.7 Å². The molecule has 33 heavy (non-hydrogen) atoms. The molecule has 0 aliphatic carbocycles. The molecule has 4 rings (SSSR count). The van der Waals surface area contributed by atoms with E-state index in [0.29, 0.717) is 44.4 Å². The number of aryl methyl sites for hydroxylation is 1. The number of fused-ring (bicyclic) bond motifs is 1. The first-order valence-electron chi connectivity index (χ1n) is 9.87. The van der Waals surface area contributed by atoms with Gasteiger partial charge >= 0.3 is 0 Å². The van der Waals surface area contributed by atoms with Gasteiger partial charge in [0.05, 0.1) is 15.1 Å². The molecule has 0 aromatic carbocycles. The van der Waals surface area contributed by atoms with Crippen LogP contribution in [0.15, 0.2) is 29.2 Å². The zero-order valence-electron chi connectivity index (χ0n) is 18.5. The Hall–Kier alpha value is -2.86. The summed E-state index contributed by atoms with van der Waals surface area (Å²) in [5.41, 5.74) is 3.90. The summed E-state index contributed by atoms with van der Waals surface area (Å²) in [5.74, 6) is -0.328. The molecule has 0 saturated carbocycles. The van der Waals surface area contributed by atoms with Crippen molar-refractivity contribution in [3.8, 4) is 10.7 Å². The van der Waals surface area contributed by atoms with Crippen molar-refractivity contribution in [2.75, 3.05) is 32.6 Å². The van der Waals surface area contributed by atoms with Crippen molar-refractivity contribution in [1.29, 1.82) is 0 Å². The Kier molecular flexibility index (Phi) is 7.48. The van der Waals surface area contributed by atoms with E-state index in [0.717, 1.165) is 16.4 Å². The fraction of sp³-hybridized carbons (Fsp3) is 0.286. The fourth-order valence-corrected chi connectivity index (χ4v) is 4.98. The first-order chi connectivity index (χ1) is 15.3. The molecule has 12 heteroatoms. The second-order valence-electron chi connectivity index (χ2n) is 7.59. The standard InChI is InChI=1S/C21H22N6O3S2.ClH/c1-11-10-14(28)27(21(11)30)25-18-15-12(2)16(19(29)22-7-8-26(3)4)32-20(15)24-17(23-18)13-6-5-9-31-13;/h5-6,9-10H,7-8H2,1-4H3,(H,22,29)(H,23,24,25);1H. The number of carbonyl (C=O) groups is 3. The molecule has 0 atom stereocenters. The molecule has 0 radical (unpaired) electrons. The molecule has 1 aliphatic rings. The van der Waals surface area contributed by atoms with E-state index in [1.165, 1.54) is 28.7 Å². The van der Waals surface area contributed by atoms with E-state index in [4.69, 9.17) is 0 Å². The molecule has 0 spiro atoms. The first-order valence-corrected chi connectivity index (χ1v) is 11.6. The monoisotopic (exact) mass is 506 g/mol. The summed E-state index contributed by atoms with van der Waals surface area (Å²) < 4.78 is 0. The van der Waals surface area contributed by atoms with Crippen LogP contribution in [-0.2, 0) is 9.59 Å². The molecule has 3 amide bonds. The number of anilines is 1. The highest BCUT2D eigenvalue weighted by Crippen LogP contribution is 2.36. The first kappa shape index (κ1) is 24.8. The molecule has 0 unspecified atom stereocenters. The van der Waals surface area contributed by atoms with Crippen LogP contribution in [-0.4, -0.2) is 64.8 Å². The van der Waals surface area contributed by atoms with Crippen LogP contribution in [0.25, 0.3) is 20.9 Å². The Morgan fingerprint density at radius 2 is 1.97 bits per heavy atom. The van der Waals surface area contributed by atoms with Crippen LogP contribution in [0.4, 0.5) is 5.82 Å². The number of hydrogen-bond acceptors (Lipinski definition) is 9. The summed E-state index contributed by atoms with van der Waals surface area (Å²) >= 11 is 2.74. The molecular weight excluding hydrogens is 484 g/mol. The van der Waals surface area contributed by atoms with Gasteiger partial charge in [0.2, 0.25) is 0 Å². The van der Waals surface area contributed by atoms with Gasteiger partial charge in [0.15, 0.2) is 11.6 Å². The van der Waals surface area contributed by atoms with E-state index in [-0.39, 0.29) is 18.3 Å². The highest BCUT2D eigenvalue weighted by atomic mass is 35.5. The van der Waals surface area contributed by atoms with Crippen molar-refractivity contribution in [2.24, 2.45) is 0 Å². The third-order valence-corrected chi connectivity index (χ3v) is 6.95. The maximum absolute atomic E-state index is 12.8. The number of amides is 3. The lowest BCUT2D eigenvalue weighted by molar-refractivity contribution is -0.135. The van der Waals surface area contributed by atoms with Crippen LogP contribution in [0.3, 0.4) is 0 Å². The van der Waals surface area contributed by atoms with Gasteiger partial charge < -0.3 is 10.2 Å². The minimum absolute atomic E-state index is 0. The normalized spacial score (nSPS) is 13.5. The number of nitrogens with one attached hydrogen (secondary N) is 2. The number of imide groups is 1. The van der Waals surface area contributed by atoms with Crippen LogP contribution in [0, 0.1) is 6.92 Å². The number of likely N-dealkylation sites (N-methyl/N-ethyl adjacent to an activating group) is 1. The van der Waals surface area contributed by atoms with Crippen molar-refractivity contribution >= 4 is 68.8 Å². The van der Waals surface area contributed by atoms with Gasteiger partial charge in [-0.25, -0.2) is 9.97 Å². The van der Waals surface area contributed by atoms with Crippen LogP contribution in [0.5, 0.6) is 0 Å². The van der Waals surface area contributed by atoms with Crippen LogP contribution >= 0.6 is 35.1 Å². The molecule has 0 fully saturated rings. The summed E-state index contributed by atoms with van der Waals surface area (Å²) in [6.45, 7) is 4.63. The average molecular weight is 507 g/mol. The second-order valence-corrected chi connectivity index (χ2v) is 9.53. The summed E-state index contributed by atoms with van der Waals surface area (Å²) in [6, 6.07) is 3.79. The Morgan fingerprint density at radius 1 is 1.21 bits per heavy atom. The number of halogens is 1. The van der Waals surface area contributed by atoms with E-state index in [9.17, 15) is 14.4 Å². The fourth-order valence-electron chi connectivity index (χ4n) is 3.23. The van der Waals surface area contributed by atoms with Gasteiger partial charge in [-0.05, 0) is 45.0 Å². The molecule has 174 valence electrons. The van der Waals surface area contributed by atoms with E-state index in [1.54, 1.807) is 6.92 Å². The number of rotatable bonds is 7. The Labute approximate surface area is 204 Å².